The largest absolute Gasteiger partial charge is 0.361 e. The molecule has 2 heterocycles. The highest BCUT2D eigenvalue weighted by Crippen LogP contribution is 2.29. The van der Waals surface area contributed by atoms with Crippen LogP contribution < -0.4 is 5.32 Å². The van der Waals surface area contributed by atoms with E-state index < -0.39 is 0 Å². The first kappa shape index (κ1) is 12.9. The maximum atomic E-state index is 12.1. The van der Waals surface area contributed by atoms with Gasteiger partial charge in [0.25, 0.3) is 5.91 Å². The van der Waals surface area contributed by atoms with Gasteiger partial charge in [-0.2, -0.15) is 5.10 Å². The fourth-order valence-corrected chi connectivity index (χ4v) is 2.68. The average Bonchev–Trinajstić information content (AvgIpc) is 3.09. The Morgan fingerprint density at radius 1 is 1.40 bits per heavy atom. The van der Waals surface area contributed by atoms with Crippen molar-refractivity contribution < 1.29 is 9.32 Å². The Bertz CT molecular complexity index is 596. The molecule has 0 radical (unpaired) electrons. The molecule has 0 bridgehead atoms. The lowest BCUT2D eigenvalue weighted by atomic mass is 9.96. The van der Waals surface area contributed by atoms with Gasteiger partial charge in [0, 0.05) is 12.1 Å². The van der Waals surface area contributed by atoms with Crippen molar-refractivity contribution in [1.82, 2.24) is 14.9 Å². The van der Waals surface area contributed by atoms with Crippen LogP contribution >= 0.6 is 0 Å². The number of carbonyl (C=O) groups is 1. The van der Waals surface area contributed by atoms with E-state index in [4.69, 9.17) is 4.52 Å². The average molecular weight is 274 g/mol. The number of carbonyl (C=O) groups excluding carboxylic acids is 1. The van der Waals surface area contributed by atoms with E-state index in [0.29, 0.717) is 17.5 Å². The first-order chi connectivity index (χ1) is 9.74. The minimum absolute atomic E-state index is 0.264. The molecule has 2 aromatic heterocycles. The summed E-state index contributed by atoms with van der Waals surface area (Å²) in [5.41, 5.74) is 0.291. The van der Waals surface area contributed by atoms with Gasteiger partial charge in [-0.15, -0.1) is 0 Å². The van der Waals surface area contributed by atoms with Gasteiger partial charge in [0.05, 0.1) is 12.2 Å². The fourth-order valence-electron chi connectivity index (χ4n) is 2.68. The molecule has 1 fully saturated rings. The van der Waals surface area contributed by atoms with Crippen molar-refractivity contribution in [2.75, 3.05) is 5.32 Å². The second-order valence-electron chi connectivity index (χ2n) is 5.23. The number of anilines is 1. The molecule has 1 aliphatic carbocycles. The molecule has 6 heteroatoms. The molecule has 0 spiro atoms. The number of rotatable bonds is 3. The van der Waals surface area contributed by atoms with Gasteiger partial charge in [-0.1, -0.05) is 24.4 Å². The minimum atomic E-state index is -0.264. The molecule has 0 unspecified atom stereocenters. The molecule has 1 amide bonds. The zero-order valence-electron chi connectivity index (χ0n) is 11.5. The number of hydrogen-bond acceptors (Lipinski definition) is 4. The Labute approximate surface area is 117 Å². The van der Waals surface area contributed by atoms with Crippen LogP contribution in [-0.4, -0.2) is 20.8 Å². The van der Waals surface area contributed by atoms with E-state index in [2.05, 4.69) is 15.6 Å². The third kappa shape index (κ3) is 2.59. The molecule has 3 rings (SSSR count). The third-order valence-electron chi connectivity index (χ3n) is 3.69. The highest BCUT2D eigenvalue weighted by Gasteiger charge is 2.20. The van der Waals surface area contributed by atoms with Crippen LogP contribution in [0.4, 0.5) is 5.82 Å². The van der Waals surface area contributed by atoms with E-state index in [0.717, 1.165) is 18.7 Å². The molecule has 6 nitrogen and oxygen atoms in total. The maximum Gasteiger partial charge on any atom is 0.278 e. The summed E-state index contributed by atoms with van der Waals surface area (Å²) in [6, 6.07) is 3.82. The van der Waals surface area contributed by atoms with Crippen molar-refractivity contribution in [1.29, 1.82) is 0 Å². The minimum Gasteiger partial charge on any atom is -0.361 e. The number of nitrogens with zero attached hydrogens (tertiary/aromatic N) is 3. The Morgan fingerprint density at radius 2 is 2.20 bits per heavy atom. The number of amides is 1. The Kier molecular flexibility index (Phi) is 3.54. The van der Waals surface area contributed by atoms with Crippen LogP contribution in [0.1, 0.15) is 54.4 Å². The maximum absolute atomic E-state index is 12.1. The van der Waals surface area contributed by atoms with Gasteiger partial charge in [-0.05, 0) is 19.8 Å². The van der Waals surface area contributed by atoms with E-state index in [1.54, 1.807) is 19.2 Å². The number of aryl methyl sites for hydroxylation is 1. The lowest BCUT2D eigenvalue weighted by molar-refractivity contribution is 0.101. The lowest BCUT2D eigenvalue weighted by Crippen LogP contribution is -2.20. The van der Waals surface area contributed by atoms with Crippen molar-refractivity contribution in [3.8, 4) is 0 Å². The van der Waals surface area contributed by atoms with Crippen LogP contribution in [0.25, 0.3) is 0 Å². The Balaban J connectivity index is 1.74. The summed E-state index contributed by atoms with van der Waals surface area (Å²) in [6.45, 7) is 1.76. The summed E-state index contributed by atoms with van der Waals surface area (Å²) in [4.78, 5) is 12.1. The molecule has 2 aromatic rings. The predicted molar refractivity (Wildman–Crippen MR) is 73.5 cm³/mol. The van der Waals surface area contributed by atoms with Gasteiger partial charge in [0.15, 0.2) is 5.69 Å². The topological polar surface area (TPSA) is 73.0 Å². The highest BCUT2D eigenvalue weighted by atomic mass is 16.5. The van der Waals surface area contributed by atoms with Gasteiger partial charge >= 0.3 is 0 Å². The van der Waals surface area contributed by atoms with E-state index in [1.807, 2.05) is 10.7 Å². The summed E-state index contributed by atoms with van der Waals surface area (Å²) in [5.74, 6) is 1.08. The molecular formula is C14H18N4O2. The van der Waals surface area contributed by atoms with Crippen molar-refractivity contribution in [2.24, 2.45) is 0 Å². The zero-order valence-corrected chi connectivity index (χ0v) is 11.5. The van der Waals surface area contributed by atoms with Crippen molar-refractivity contribution in [2.45, 2.75) is 45.1 Å². The lowest BCUT2D eigenvalue weighted by Gasteiger charge is -2.23. The van der Waals surface area contributed by atoms with E-state index >= 15 is 0 Å². The van der Waals surface area contributed by atoms with Gasteiger partial charge in [0.1, 0.15) is 11.6 Å². The van der Waals surface area contributed by atoms with Crippen LogP contribution in [0, 0.1) is 6.92 Å². The van der Waals surface area contributed by atoms with Crippen LogP contribution in [0.5, 0.6) is 0 Å². The fraction of sp³-hybridized carbons (Fsp3) is 0.500. The van der Waals surface area contributed by atoms with Crippen LogP contribution in [0.2, 0.25) is 0 Å². The molecule has 1 aliphatic rings. The van der Waals surface area contributed by atoms with Gasteiger partial charge in [-0.3, -0.25) is 4.79 Å². The van der Waals surface area contributed by atoms with E-state index in [-0.39, 0.29) is 5.91 Å². The number of nitrogens with one attached hydrogen (secondary N) is 1. The third-order valence-corrected chi connectivity index (χ3v) is 3.69. The molecule has 0 atom stereocenters. The Morgan fingerprint density at radius 3 is 2.90 bits per heavy atom. The molecule has 106 valence electrons. The predicted octanol–water partition coefficient (Wildman–Crippen LogP) is 2.94. The standard InChI is InChI=1S/C14H18N4O2/c1-10-9-12(17-20-10)14(19)16-13-7-8-15-18(13)11-5-3-2-4-6-11/h7-9,11H,2-6H2,1H3,(H,16,19). The first-order valence-electron chi connectivity index (χ1n) is 7.02. The molecular weight excluding hydrogens is 256 g/mol. The molecule has 0 aromatic carbocycles. The van der Waals surface area contributed by atoms with Gasteiger partial charge < -0.3 is 9.84 Å². The summed E-state index contributed by atoms with van der Waals surface area (Å²) in [7, 11) is 0. The summed E-state index contributed by atoms with van der Waals surface area (Å²) < 4.78 is 6.84. The smallest absolute Gasteiger partial charge is 0.278 e. The van der Waals surface area contributed by atoms with Crippen molar-refractivity contribution >= 4 is 11.7 Å². The van der Waals surface area contributed by atoms with E-state index in [1.165, 1.54) is 19.3 Å². The second-order valence-corrected chi connectivity index (χ2v) is 5.23. The van der Waals surface area contributed by atoms with Crippen LogP contribution in [0.3, 0.4) is 0 Å². The molecule has 1 saturated carbocycles. The Hall–Kier alpha value is -2.11. The molecule has 20 heavy (non-hydrogen) atoms. The summed E-state index contributed by atoms with van der Waals surface area (Å²) in [6.07, 6.45) is 7.69. The highest BCUT2D eigenvalue weighted by molar-refractivity contribution is 6.02. The summed E-state index contributed by atoms with van der Waals surface area (Å²) >= 11 is 0. The number of hydrogen-bond donors (Lipinski definition) is 1. The molecule has 0 aliphatic heterocycles. The van der Waals surface area contributed by atoms with Crippen molar-refractivity contribution in [3.63, 3.8) is 0 Å². The normalized spacial score (nSPS) is 16.2. The van der Waals surface area contributed by atoms with Gasteiger partial charge in [-0.25, -0.2) is 4.68 Å². The monoisotopic (exact) mass is 274 g/mol. The van der Waals surface area contributed by atoms with Crippen LogP contribution in [0.15, 0.2) is 22.9 Å². The van der Waals surface area contributed by atoms with Crippen molar-refractivity contribution in [3.05, 3.63) is 29.8 Å². The number of aromatic nitrogens is 3. The summed E-state index contributed by atoms with van der Waals surface area (Å²) in [5, 5.41) is 10.9. The SMILES string of the molecule is Cc1cc(C(=O)Nc2ccnn2C2CCCCC2)no1. The van der Waals surface area contributed by atoms with Crippen LogP contribution in [-0.2, 0) is 0 Å². The molecule has 1 N–H and O–H groups in total. The van der Waals surface area contributed by atoms with E-state index in [9.17, 15) is 4.79 Å². The first-order valence-corrected chi connectivity index (χ1v) is 7.02. The zero-order chi connectivity index (χ0) is 13.9. The quantitative estimate of drug-likeness (QED) is 0.934. The second kappa shape index (κ2) is 5.48. The van der Waals surface area contributed by atoms with Gasteiger partial charge in [0.2, 0.25) is 0 Å². The molecule has 0 saturated heterocycles.